The smallest absolute Gasteiger partial charge is 0.360 e. The van der Waals surface area contributed by atoms with Gasteiger partial charge in [0.25, 0.3) is 5.91 Å². The lowest BCUT2D eigenvalue weighted by molar-refractivity contribution is -0.137. The van der Waals surface area contributed by atoms with Crippen LogP contribution in [0.5, 0.6) is 0 Å². The molecule has 0 saturated carbocycles. The summed E-state index contributed by atoms with van der Waals surface area (Å²) >= 11 is 0. The fraction of sp³-hybridized carbons (Fsp3) is 0.412. The predicted molar refractivity (Wildman–Crippen MR) is 83.9 cm³/mol. The van der Waals surface area contributed by atoms with Crippen molar-refractivity contribution < 1.29 is 22.5 Å². The summed E-state index contributed by atoms with van der Waals surface area (Å²) in [5.74, 6) is 0.531. The Labute approximate surface area is 143 Å². The topological polar surface area (TPSA) is 49.6 Å². The first-order valence-corrected chi connectivity index (χ1v) is 7.94. The summed E-state index contributed by atoms with van der Waals surface area (Å²) in [6.45, 7) is 4.87. The second-order valence-corrected chi connectivity index (χ2v) is 6.08. The van der Waals surface area contributed by atoms with E-state index in [-0.39, 0.29) is 11.5 Å². The molecular weight excluding hydrogens is 335 g/mol. The van der Waals surface area contributed by atoms with E-state index in [0.29, 0.717) is 32.7 Å². The van der Waals surface area contributed by atoms with Crippen LogP contribution in [0, 0.1) is 6.92 Å². The Morgan fingerprint density at radius 3 is 2.32 bits per heavy atom. The molecule has 1 aromatic carbocycles. The van der Waals surface area contributed by atoms with Crippen LogP contribution in [0.3, 0.4) is 0 Å². The maximum Gasteiger partial charge on any atom is 0.416 e. The van der Waals surface area contributed by atoms with Crippen molar-refractivity contribution in [3.63, 3.8) is 0 Å². The van der Waals surface area contributed by atoms with Crippen LogP contribution in [0.25, 0.3) is 0 Å². The molecule has 25 heavy (non-hydrogen) atoms. The molecule has 3 rings (SSSR count). The van der Waals surface area contributed by atoms with Gasteiger partial charge in [0.2, 0.25) is 0 Å². The Morgan fingerprint density at radius 1 is 1.16 bits per heavy atom. The average Bonchev–Trinajstić information content (AvgIpc) is 2.99. The van der Waals surface area contributed by atoms with Crippen LogP contribution in [0.4, 0.5) is 13.2 Å². The number of hydrogen-bond acceptors (Lipinski definition) is 4. The van der Waals surface area contributed by atoms with Crippen molar-refractivity contribution in [2.24, 2.45) is 0 Å². The van der Waals surface area contributed by atoms with Crippen molar-refractivity contribution in [1.82, 2.24) is 15.0 Å². The third kappa shape index (κ3) is 4.19. The van der Waals surface area contributed by atoms with Gasteiger partial charge < -0.3 is 9.42 Å². The summed E-state index contributed by atoms with van der Waals surface area (Å²) in [6, 6.07) is 6.22. The second-order valence-electron chi connectivity index (χ2n) is 6.08. The lowest BCUT2D eigenvalue weighted by Gasteiger charge is -2.34. The van der Waals surface area contributed by atoms with E-state index in [1.165, 1.54) is 12.1 Å². The highest BCUT2D eigenvalue weighted by atomic mass is 19.4. The summed E-state index contributed by atoms with van der Waals surface area (Å²) < 4.78 is 42.9. The highest BCUT2D eigenvalue weighted by Crippen LogP contribution is 2.29. The normalized spacial score (nSPS) is 16.2. The molecule has 1 aromatic heterocycles. The highest BCUT2D eigenvalue weighted by molar-refractivity contribution is 5.94. The van der Waals surface area contributed by atoms with Gasteiger partial charge in [0.05, 0.1) is 17.8 Å². The summed E-state index contributed by atoms with van der Waals surface area (Å²) in [5.41, 5.74) is 0.342. The van der Waals surface area contributed by atoms with Gasteiger partial charge in [-0.2, -0.15) is 13.2 Å². The first-order chi connectivity index (χ1) is 11.8. The van der Waals surface area contributed by atoms with E-state index in [4.69, 9.17) is 4.52 Å². The maximum atomic E-state index is 12.6. The molecule has 1 fully saturated rings. The monoisotopic (exact) mass is 353 g/mol. The summed E-state index contributed by atoms with van der Waals surface area (Å²) in [6.07, 6.45) is -4.40. The molecule has 134 valence electrons. The lowest BCUT2D eigenvalue weighted by Crippen LogP contribution is -2.48. The Balaban J connectivity index is 1.56. The highest BCUT2D eigenvalue weighted by Gasteiger charge is 2.30. The number of amides is 1. The number of carbonyl (C=O) groups is 1. The standard InChI is InChI=1S/C17H18F3N3O2/c1-12-10-15(25-21-12)11-22-6-8-23(9-7-22)16(24)13-2-4-14(5-3-13)17(18,19)20/h2-5,10H,6-9,11H2,1H3. The number of benzene rings is 1. The number of alkyl halides is 3. The quantitative estimate of drug-likeness (QED) is 0.851. The second kappa shape index (κ2) is 6.87. The Kier molecular flexibility index (Phi) is 4.80. The van der Waals surface area contributed by atoms with E-state index in [1.807, 2.05) is 13.0 Å². The van der Waals surface area contributed by atoms with Gasteiger partial charge in [0, 0.05) is 37.8 Å². The molecule has 0 aliphatic carbocycles. The van der Waals surface area contributed by atoms with Crippen LogP contribution in [-0.4, -0.2) is 47.0 Å². The molecule has 0 spiro atoms. The van der Waals surface area contributed by atoms with Crippen LogP contribution in [0.1, 0.15) is 27.4 Å². The molecule has 1 aliphatic rings. The minimum absolute atomic E-state index is 0.246. The van der Waals surface area contributed by atoms with Crippen LogP contribution in [-0.2, 0) is 12.7 Å². The van der Waals surface area contributed by atoms with Gasteiger partial charge in [0.15, 0.2) is 5.76 Å². The zero-order chi connectivity index (χ0) is 18.0. The van der Waals surface area contributed by atoms with Crippen LogP contribution in [0.2, 0.25) is 0 Å². The van der Waals surface area contributed by atoms with Crippen molar-refractivity contribution >= 4 is 5.91 Å². The zero-order valence-electron chi connectivity index (χ0n) is 13.7. The number of aromatic nitrogens is 1. The number of rotatable bonds is 3. The molecular formula is C17H18F3N3O2. The molecule has 2 heterocycles. The summed E-state index contributed by atoms with van der Waals surface area (Å²) in [5, 5.41) is 3.84. The van der Waals surface area contributed by atoms with E-state index >= 15 is 0 Å². The predicted octanol–water partition coefficient (Wildman–Crippen LogP) is 2.96. The number of hydrogen-bond donors (Lipinski definition) is 0. The van der Waals surface area contributed by atoms with Gasteiger partial charge in [0.1, 0.15) is 0 Å². The molecule has 1 aliphatic heterocycles. The van der Waals surface area contributed by atoms with Gasteiger partial charge in [-0.05, 0) is 31.2 Å². The van der Waals surface area contributed by atoms with Crippen molar-refractivity contribution in [2.45, 2.75) is 19.6 Å². The summed E-state index contributed by atoms with van der Waals surface area (Å²) in [4.78, 5) is 16.2. The number of nitrogens with zero attached hydrogens (tertiary/aromatic N) is 3. The van der Waals surface area contributed by atoms with E-state index < -0.39 is 11.7 Å². The minimum atomic E-state index is -4.40. The minimum Gasteiger partial charge on any atom is -0.360 e. The third-order valence-electron chi connectivity index (χ3n) is 4.17. The van der Waals surface area contributed by atoms with Crippen LogP contribution < -0.4 is 0 Å². The molecule has 1 saturated heterocycles. The Morgan fingerprint density at radius 2 is 1.80 bits per heavy atom. The first kappa shape index (κ1) is 17.5. The largest absolute Gasteiger partial charge is 0.416 e. The van der Waals surface area contributed by atoms with E-state index in [9.17, 15) is 18.0 Å². The third-order valence-corrected chi connectivity index (χ3v) is 4.17. The van der Waals surface area contributed by atoms with E-state index in [1.54, 1.807) is 4.90 Å². The maximum absolute atomic E-state index is 12.6. The number of piperazine rings is 1. The lowest BCUT2D eigenvalue weighted by atomic mass is 10.1. The van der Waals surface area contributed by atoms with Crippen LogP contribution in [0.15, 0.2) is 34.9 Å². The summed E-state index contributed by atoms with van der Waals surface area (Å²) in [7, 11) is 0. The van der Waals surface area contributed by atoms with Crippen molar-refractivity contribution in [2.75, 3.05) is 26.2 Å². The van der Waals surface area contributed by atoms with Gasteiger partial charge >= 0.3 is 6.18 Å². The molecule has 0 bridgehead atoms. The van der Waals surface area contributed by atoms with E-state index in [2.05, 4.69) is 10.1 Å². The molecule has 0 atom stereocenters. The molecule has 2 aromatic rings. The number of aryl methyl sites for hydroxylation is 1. The van der Waals surface area contributed by atoms with Crippen molar-refractivity contribution in [1.29, 1.82) is 0 Å². The van der Waals surface area contributed by atoms with Crippen LogP contribution >= 0.6 is 0 Å². The zero-order valence-corrected chi connectivity index (χ0v) is 13.7. The molecule has 0 radical (unpaired) electrons. The fourth-order valence-electron chi connectivity index (χ4n) is 2.80. The molecule has 0 N–H and O–H groups in total. The number of halogens is 3. The van der Waals surface area contributed by atoms with Crippen molar-refractivity contribution in [3.8, 4) is 0 Å². The van der Waals surface area contributed by atoms with E-state index in [0.717, 1.165) is 23.6 Å². The van der Waals surface area contributed by atoms with Crippen molar-refractivity contribution in [3.05, 3.63) is 52.9 Å². The molecule has 5 nitrogen and oxygen atoms in total. The van der Waals surface area contributed by atoms with Gasteiger partial charge in [-0.25, -0.2) is 0 Å². The first-order valence-electron chi connectivity index (χ1n) is 7.94. The molecule has 8 heteroatoms. The Bertz CT molecular complexity index is 732. The molecule has 0 unspecified atom stereocenters. The average molecular weight is 353 g/mol. The molecule has 1 amide bonds. The SMILES string of the molecule is Cc1cc(CN2CCN(C(=O)c3ccc(C(F)(F)F)cc3)CC2)on1. The Hall–Kier alpha value is -2.35. The van der Waals surface area contributed by atoms with Gasteiger partial charge in [-0.15, -0.1) is 0 Å². The number of carbonyl (C=O) groups excluding carboxylic acids is 1. The van der Waals surface area contributed by atoms with Gasteiger partial charge in [-0.3, -0.25) is 9.69 Å². The van der Waals surface area contributed by atoms with Gasteiger partial charge in [-0.1, -0.05) is 5.16 Å². The fourth-order valence-corrected chi connectivity index (χ4v) is 2.80.